The van der Waals surface area contributed by atoms with E-state index < -0.39 is 5.91 Å². The Morgan fingerprint density at radius 2 is 1.83 bits per heavy atom. The average molecular weight is 373 g/mol. The molecule has 23 heavy (non-hydrogen) atoms. The van der Waals surface area contributed by atoms with Gasteiger partial charge in [0.25, 0.3) is 5.91 Å². The number of carbonyl (C=O) groups excluding carboxylic acids is 2. The molecule has 1 aromatic heterocycles. The number of urea groups is 1. The number of anilines is 2. The number of nitrogens with zero attached hydrogens (tertiary/aromatic N) is 1. The van der Waals surface area contributed by atoms with Gasteiger partial charge in [-0.2, -0.15) is 4.37 Å². The molecule has 2 rings (SSSR count). The van der Waals surface area contributed by atoms with Crippen LogP contribution in [0.3, 0.4) is 0 Å². The largest absolute Gasteiger partial charge is 0.338 e. The number of benzene rings is 1. The van der Waals surface area contributed by atoms with E-state index in [-0.39, 0.29) is 21.1 Å². The lowest BCUT2D eigenvalue weighted by Crippen LogP contribution is -2.29. The third-order valence-electron chi connectivity index (χ3n) is 2.76. The minimum Gasteiger partial charge on any atom is -0.338 e. The lowest BCUT2D eigenvalue weighted by molar-refractivity contribution is 0.103. The van der Waals surface area contributed by atoms with Crippen molar-refractivity contribution in [2.24, 2.45) is 0 Å². The van der Waals surface area contributed by atoms with Gasteiger partial charge in [0, 0.05) is 6.54 Å². The van der Waals surface area contributed by atoms with Crippen LogP contribution in [0.1, 0.15) is 23.0 Å². The lowest BCUT2D eigenvalue weighted by Gasteiger charge is -2.12. The molecular formula is C14H14Cl2N4O2S. The summed E-state index contributed by atoms with van der Waals surface area (Å²) in [4.78, 5) is 24.2. The lowest BCUT2D eigenvalue weighted by atomic mass is 10.2. The summed E-state index contributed by atoms with van der Waals surface area (Å²) in [7, 11) is 0. The molecular weight excluding hydrogens is 359 g/mol. The molecule has 6 nitrogen and oxygen atoms in total. The summed E-state index contributed by atoms with van der Waals surface area (Å²) in [6.07, 6.45) is 0.830. The van der Waals surface area contributed by atoms with E-state index in [1.54, 1.807) is 24.3 Å². The molecule has 0 fully saturated rings. The summed E-state index contributed by atoms with van der Waals surface area (Å²) in [5.74, 6) is -0.442. The Bertz CT molecular complexity index is 721. The van der Waals surface area contributed by atoms with Crippen LogP contribution in [0.4, 0.5) is 16.2 Å². The van der Waals surface area contributed by atoms with Crippen molar-refractivity contribution in [3.05, 3.63) is 39.3 Å². The third-order valence-corrected chi connectivity index (χ3v) is 4.56. The van der Waals surface area contributed by atoms with Crippen molar-refractivity contribution in [2.75, 3.05) is 17.2 Å². The van der Waals surface area contributed by atoms with Crippen LogP contribution < -0.4 is 16.0 Å². The van der Waals surface area contributed by atoms with Crippen LogP contribution in [0.25, 0.3) is 0 Å². The molecule has 3 amide bonds. The van der Waals surface area contributed by atoms with Crippen molar-refractivity contribution < 1.29 is 9.59 Å². The van der Waals surface area contributed by atoms with Gasteiger partial charge < -0.3 is 16.0 Å². The van der Waals surface area contributed by atoms with Crippen LogP contribution in [-0.2, 0) is 0 Å². The van der Waals surface area contributed by atoms with Gasteiger partial charge in [0.05, 0.1) is 11.4 Å². The number of rotatable bonds is 5. The van der Waals surface area contributed by atoms with Gasteiger partial charge >= 0.3 is 6.03 Å². The van der Waals surface area contributed by atoms with Gasteiger partial charge in [-0.25, -0.2) is 4.79 Å². The minimum absolute atomic E-state index is 0.0900. The predicted octanol–water partition coefficient (Wildman–Crippen LogP) is 4.23. The van der Waals surface area contributed by atoms with Crippen LogP contribution in [-0.4, -0.2) is 22.9 Å². The van der Waals surface area contributed by atoms with Gasteiger partial charge in [-0.05, 0) is 30.1 Å². The molecule has 3 N–H and O–H groups in total. The number of amides is 3. The van der Waals surface area contributed by atoms with Crippen molar-refractivity contribution in [1.29, 1.82) is 0 Å². The number of hydrogen-bond donors (Lipinski definition) is 3. The highest BCUT2D eigenvalue weighted by molar-refractivity contribution is 7.09. The summed E-state index contributed by atoms with van der Waals surface area (Å²) in [5.41, 5.74) is 0.922. The Labute approximate surface area is 147 Å². The smallest absolute Gasteiger partial charge is 0.319 e. The predicted molar refractivity (Wildman–Crippen MR) is 93.8 cm³/mol. The van der Waals surface area contributed by atoms with Crippen LogP contribution in [0.5, 0.6) is 0 Å². The van der Waals surface area contributed by atoms with Crippen LogP contribution >= 0.6 is 34.7 Å². The van der Waals surface area contributed by atoms with Crippen molar-refractivity contribution in [3.8, 4) is 0 Å². The molecule has 0 aliphatic heterocycles. The summed E-state index contributed by atoms with van der Waals surface area (Å²) in [6, 6.07) is 6.51. The van der Waals surface area contributed by atoms with Crippen LogP contribution in [0, 0.1) is 0 Å². The zero-order valence-corrected chi connectivity index (χ0v) is 14.5. The van der Waals surface area contributed by atoms with E-state index in [2.05, 4.69) is 20.3 Å². The fraction of sp³-hybridized carbons (Fsp3) is 0.214. The highest BCUT2D eigenvalue weighted by atomic mass is 35.5. The fourth-order valence-electron chi connectivity index (χ4n) is 1.69. The number of halogens is 2. The average Bonchev–Trinajstić information content (AvgIpc) is 2.87. The topological polar surface area (TPSA) is 83.1 Å². The normalized spacial score (nSPS) is 10.2. The molecule has 1 aromatic carbocycles. The Kier molecular flexibility index (Phi) is 6.20. The molecule has 0 unspecified atom stereocenters. The molecule has 2 aromatic rings. The first-order valence-corrected chi connectivity index (χ1v) is 8.31. The molecule has 0 saturated heterocycles. The molecule has 0 aliphatic carbocycles. The molecule has 0 spiro atoms. The second-order valence-corrected chi connectivity index (χ2v) is 6.01. The van der Waals surface area contributed by atoms with Gasteiger partial charge in [-0.3, -0.25) is 4.79 Å². The third kappa shape index (κ3) is 4.57. The van der Waals surface area contributed by atoms with Gasteiger partial charge in [0.15, 0.2) is 5.15 Å². The zero-order chi connectivity index (χ0) is 16.8. The number of hydrogen-bond acceptors (Lipinski definition) is 4. The van der Waals surface area contributed by atoms with E-state index in [1.807, 2.05) is 6.92 Å². The highest BCUT2D eigenvalue weighted by Gasteiger charge is 2.18. The van der Waals surface area contributed by atoms with Gasteiger partial charge in [-0.1, -0.05) is 42.3 Å². The van der Waals surface area contributed by atoms with E-state index >= 15 is 0 Å². The maximum Gasteiger partial charge on any atom is 0.319 e. The number of nitrogens with one attached hydrogen (secondary N) is 3. The maximum atomic E-state index is 12.2. The van der Waals surface area contributed by atoms with Gasteiger partial charge in [-0.15, -0.1) is 0 Å². The summed E-state index contributed by atoms with van der Waals surface area (Å²) < 4.78 is 3.82. The quantitative estimate of drug-likeness (QED) is 0.733. The number of aromatic nitrogens is 1. The maximum absolute atomic E-state index is 12.2. The molecule has 0 saturated carbocycles. The zero-order valence-electron chi connectivity index (χ0n) is 12.2. The molecule has 0 aliphatic rings. The molecule has 1 heterocycles. The van der Waals surface area contributed by atoms with E-state index in [1.165, 1.54) is 0 Å². The SMILES string of the molecule is CCCNC(=O)Nc1ccccc1NC(=O)c1snc(Cl)c1Cl. The Hall–Kier alpha value is -1.83. The van der Waals surface area contributed by atoms with E-state index in [0.29, 0.717) is 17.9 Å². The number of para-hydroxylation sites is 2. The monoisotopic (exact) mass is 372 g/mol. The second kappa shape index (κ2) is 8.14. The van der Waals surface area contributed by atoms with E-state index in [9.17, 15) is 9.59 Å². The van der Waals surface area contributed by atoms with Gasteiger partial charge in [0.1, 0.15) is 9.90 Å². The second-order valence-electron chi connectivity index (χ2n) is 4.50. The Morgan fingerprint density at radius 3 is 2.39 bits per heavy atom. The van der Waals surface area contributed by atoms with E-state index in [0.717, 1.165) is 18.0 Å². The Balaban J connectivity index is 2.12. The van der Waals surface area contributed by atoms with Gasteiger partial charge in [0.2, 0.25) is 0 Å². The van der Waals surface area contributed by atoms with Crippen molar-refractivity contribution in [1.82, 2.24) is 9.69 Å². The van der Waals surface area contributed by atoms with E-state index in [4.69, 9.17) is 23.2 Å². The number of carbonyl (C=O) groups is 2. The molecule has 122 valence electrons. The Morgan fingerprint density at radius 1 is 1.17 bits per heavy atom. The highest BCUT2D eigenvalue weighted by Crippen LogP contribution is 2.30. The molecule has 0 radical (unpaired) electrons. The van der Waals surface area contributed by atoms with Crippen molar-refractivity contribution in [2.45, 2.75) is 13.3 Å². The fourth-order valence-corrected chi connectivity index (χ4v) is 2.80. The first kappa shape index (κ1) is 17.5. The van der Waals surface area contributed by atoms with Crippen LogP contribution in [0.2, 0.25) is 10.2 Å². The summed E-state index contributed by atoms with van der Waals surface area (Å²) in [5, 5.41) is 8.27. The molecule has 0 bridgehead atoms. The molecule has 9 heteroatoms. The summed E-state index contributed by atoms with van der Waals surface area (Å²) >= 11 is 12.6. The molecule has 0 atom stereocenters. The van der Waals surface area contributed by atoms with Crippen molar-refractivity contribution >= 4 is 58.0 Å². The summed E-state index contributed by atoms with van der Waals surface area (Å²) in [6.45, 7) is 2.52. The van der Waals surface area contributed by atoms with Crippen molar-refractivity contribution in [3.63, 3.8) is 0 Å². The minimum atomic E-state index is -0.442. The first-order valence-electron chi connectivity index (χ1n) is 6.78. The van der Waals surface area contributed by atoms with Crippen LogP contribution in [0.15, 0.2) is 24.3 Å². The first-order chi connectivity index (χ1) is 11.0. The standard InChI is InChI=1S/C14H14Cl2N4O2S/c1-2-7-17-14(22)19-9-6-4-3-5-8(9)18-13(21)11-10(15)12(16)20-23-11/h3-6H,2,7H2,1H3,(H,18,21)(H2,17,19,22).